The Labute approximate surface area is 80.1 Å². The number of H-pyrrole nitrogens is 1. The minimum atomic E-state index is -0.357. The monoisotopic (exact) mass is 194 g/mol. The number of rotatable bonds is 0. The Morgan fingerprint density at radius 1 is 1.43 bits per heavy atom. The van der Waals surface area contributed by atoms with Crippen molar-refractivity contribution in [1.29, 1.82) is 0 Å². The van der Waals surface area contributed by atoms with E-state index in [2.05, 4.69) is 5.10 Å². The molecule has 3 nitrogen and oxygen atoms in total. The molecule has 4 heteroatoms. The molecule has 0 bridgehead atoms. The van der Waals surface area contributed by atoms with Gasteiger partial charge in [-0.05, 0) is 31.0 Å². The largest absolute Gasteiger partial charge is 0.285 e. The highest BCUT2D eigenvalue weighted by Crippen LogP contribution is 2.20. The number of hydrogen-bond acceptors (Lipinski definition) is 1. The van der Waals surface area contributed by atoms with Crippen molar-refractivity contribution in [3.8, 4) is 0 Å². The molecule has 14 heavy (non-hydrogen) atoms. The summed E-state index contributed by atoms with van der Waals surface area (Å²) in [5.74, 6) is -0.357. The second-order valence-corrected chi connectivity index (χ2v) is 3.52. The van der Waals surface area contributed by atoms with E-state index in [1.165, 1.54) is 10.7 Å². The number of aromatic nitrogens is 2. The lowest BCUT2D eigenvalue weighted by atomic mass is 10.1. The normalized spacial score (nSPS) is 11.1. The van der Waals surface area contributed by atoms with Gasteiger partial charge in [0.25, 0.3) is 5.56 Å². The molecule has 0 aliphatic carbocycles. The van der Waals surface area contributed by atoms with Gasteiger partial charge in [-0.3, -0.25) is 14.6 Å². The molecule has 1 heterocycles. The molecule has 0 aliphatic heterocycles. The van der Waals surface area contributed by atoms with Crippen LogP contribution in [0.5, 0.6) is 0 Å². The standard InChI is InChI=1S/C10H11FN2O/c1-5-4-7(11)9-8(6(5)2)10(14)12-13(9)3/h4H,1-3H3,(H,12,14). The highest BCUT2D eigenvalue weighted by molar-refractivity contribution is 5.83. The highest BCUT2D eigenvalue weighted by Gasteiger charge is 2.13. The summed E-state index contributed by atoms with van der Waals surface area (Å²) in [5, 5.41) is 2.99. The van der Waals surface area contributed by atoms with Gasteiger partial charge in [-0.1, -0.05) is 0 Å². The Balaban J connectivity index is 3.13. The second kappa shape index (κ2) is 2.70. The summed E-state index contributed by atoms with van der Waals surface area (Å²) in [7, 11) is 1.63. The Morgan fingerprint density at radius 3 is 2.71 bits per heavy atom. The predicted octanol–water partition coefficient (Wildman–Crippen LogP) is 1.62. The lowest BCUT2D eigenvalue weighted by Crippen LogP contribution is -2.02. The van der Waals surface area contributed by atoms with E-state index in [9.17, 15) is 9.18 Å². The van der Waals surface area contributed by atoms with Crippen LogP contribution in [0.25, 0.3) is 10.9 Å². The van der Waals surface area contributed by atoms with Gasteiger partial charge in [0, 0.05) is 7.05 Å². The van der Waals surface area contributed by atoms with E-state index in [1.807, 2.05) is 6.92 Å². The first-order valence-corrected chi connectivity index (χ1v) is 4.36. The molecule has 1 aromatic heterocycles. The van der Waals surface area contributed by atoms with Crippen LogP contribution in [-0.4, -0.2) is 9.78 Å². The van der Waals surface area contributed by atoms with Crippen molar-refractivity contribution in [2.45, 2.75) is 13.8 Å². The molecule has 74 valence electrons. The fraction of sp³-hybridized carbons (Fsp3) is 0.300. The van der Waals surface area contributed by atoms with Crippen LogP contribution in [0.1, 0.15) is 11.1 Å². The summed E-state index contributed by atoms with van der Waals surface area (Å²) < 4.78 is 14.9. The number of nitrogens with one attached hydrogen (secondary N) is 1. The summed E-state index contributed by atoms with van der Waals surface area (Å²) >= 11 is 0. The van der Waals surface area contributed by atoms with Crippen LogP contribution < -0.4 is 5.56 Å². The average Bonchev–Trinajstić information content (AvgIpc) is 2.38. The molecule has 1 aromatic carbocycles. The van der Waals surface area contributed by atoms with E-state index in [1.54, 1.807) is 14.0 Å². The Morgan fingerprint density at radius 2 is 2.07 bits per heavy atom. The summed E-state index contributed by atoms with van der Waals surface area (Å²) in [5.41, 5.74) is 1.75. The van der Waals surface area contributed by atoms with E-state index in [4.69, 9.17) is 0 Å². The van der Waals surface area contributed by atoms with Gasteiger partial charge in [-0.15, -0.1) is 0 Å². The van der Waals surface area contributed by atoms with Gasteiger partial charge < -0.3 is 0 Å². The van der Waals surface area contributed by atoms with Gasteiger partial charge in [0.15, 0.2) is 0 Å². The van der Waals surface area contributed by atoms with Crippen molar-refractivity contribution in [3.63, 3.8) is 0 Å². The van der Waals surface area contributed by atoms with Crippen molar-refractivity contribution in [1.82, 2.24) is 9.78 Å². The number of hydrogen-bond donors (Lipinski definition) is 1. The summed E-state index contributed by atoms with van der Waals surface area (Å²) in [4.78, 5) is 11.5. The van der Waals surface area contributed by atoms with E-state index in [-0.39, 0.29) is 11.4 Å². The zero-order chi connectivity index (χ0) is 10.5. The predicted molar refractivity (Wildman–Crippen MR) is 53.0 cm³/mol. The number of fused-ring (bicyclic) bond motifs is 1. The number of halogens is 1. The molecular formula is C10H11FN2O. The van der Waals surface area contributed by atoms with Gasteiger partial charge in [-0.2, -0.15) is 0 Å². The number of benzene rings is 1. The van der Waals surface area contributed by atoms with Gasteiger partial charge in [0.2, 0.25) is 0 Å². The first-order valence-electron chi connectivity index (χ1n) is 4.36. The highest BCUT2D eigenvalue weighted by atomic mass is 19.1. The average molecular weight is 194 g/mol. The third-order valence-electron chi connectivity index (χ3n) is 2.60. The van der Waals surface area contributed by atoms with Crippen LogP contribution in [0.15, 0.2) is 10.9 Å². The molecule has 0 unspecified atom stereocenters. The molecule has 0 atom stereocenters. The van der Waals surface area contributed by atoms with Gasteiger partial charge >= 0.3 is 0 Å². The van der Waals surface area contributed by atoms with E-state index in [0.29, 0.717) is 10.9 Å². The molecule has 0 spiro atoms. The number of aromatic amines is 1. The van der Waals surface area contributed by atoms with Crippen LogP contribution in [0.4, 0.5) is 4.39 Å². The number of nitrogens with zero attached hydrogens (tertiary/aromatic N) is 1. The van der Waals surface area contributed by atoms with E-state index >= 15 is 0 Å². The molecule has 0 saturated heterocycles. The van der Waals surface area contributed by atoms with Crippen molar-refractivity contribution in [2.75, 3.05) is 0 Å². The summed E-state index contributed by atoms with van der Waals surface area (Å²) in [6, 6.07) is 1.45. The third-order valence-corrected chi connectivity index (χ3v) is 2.60. The smallest absolute Gasteiger partial charge is 0.272 e. The summed E-state index contributed by atoms with van der Waals surface area (Å²) in [6.07, 6.45) is 0. The fourth-order valence-electron chi connectivity index (χ4n) is 1.73. The van der Waals surface area contributed by atoms with Crippen molar-refractivity contribution in [3.05, 3.63) is 33.4 Å². The van der Waals surface area contributed by atoms with E-state index < -0.39 is 0 Å². The van der Waals surface area contributed by atoms with Crippen LogP contribution in [0.2, 0.25) is 0 Å². The zero-order valence-electron chi connectivity index (χ0n) is 8.31. The Bertz CT molecular complexity index is 565. The van der Waals surface area contributed by atoms with Crippen LogP contribution in [-0.2, 0) is 7.05 Å². The van der Waals surface area contributed by atoms with Crippen molar-refractivity contribution in [2.24, 2.45) is 7.05 Å². The first-order chi connectivity index (χ1) is 6.52. The quantitative estimate of drug-likeness (QED) is 0.680. The summed E-state index contributed by atoms with van der Waals surface area (Å²) in [6.45, 7) is 3.62. The SMILES string of the molecule is Cc1cc(F)c2c(c1C)c(=O)[nH]n2C. The number of aryl methyl sites for hydroxylation is 3. The Kier molecular flexibility index (Phi) is 1.74. The van der Waals surface area contributed by atoms with Gasteiger partial charge in [0.1, 0.15) is 11.3 Å². The maximum Gasteiger partial charge on any atom is 0.272 e. The molecule has 0 fully saturated rings. The maximum absolute atomic E-state index is 13.5. The van der Waals surface area contributed by atoms with Gasteiger partial charge in [0.05, 0.1) is 5.39 Å². The zero-order valence-corrected chi connectivity index (χ0v) is 8.31. The molecular weight excluding hydrogens is 183 g/mol. The molecule has 2 rings (SSSR count). The minimum Gasteiger partial charge on any atom is -0.285 e. The minimum absolute atomic E-state index is 0.234. The molecule has 0 aliphatic rings. The van der Waals surface area contributed by atoms with Gasteiger partial charge in [-0.25, -0.2) is 4.39 Å². The lowest BCUT2D eigenvalue weighted by Gasteiger charge is -2.02. The van der Waals surface area contributed by atoms with Crippen LogP contribution >= 0.6 is 0 Å². The molecule has 1 N–H and O–H groups in total. The fourth-order valence-corrected chi connectivity index (χ4v) is 1.73. The maximum atomic E-state index is 13.5. The van der Waals surface area contributed by atoms with Crippen molar-refractivity contribution < 1.29 is 4.39 Å². The first kappa shape index (κ1) is 8.99. The van der Waals surface area contributed by atoms with E-state index in [0.717, 1.165) is 11.1 Å². The topological polar surface area (TPSA) is 37.8 Å². The molecule has 2 aromatic rings. The molecule has 0 radical (unpaired) electrons. The molecule has 0 saturated carbocycles. The molecule has 0 amide bonds. The third kappa shape index (κ3) is 0.999. The van der Waals surface area contributed by atoms with Crippen LogP contribution in [0.3, 0.4) is 0 Å². The van der Waals surface area contributed by atoms with Crippen LogP contribution in [0, 0.1) is 19.7 Å². The Hall–Kier alpha value is -1.58. The second-order valence-electron chi connectivity index (χ2n) is 3.52. The van der Waals surface area contributed by atoms with Crippen molar-refractivity contribution >= 4 is 10.9 Å². The lowest BCUT2D eigenvalue weighted by molar-refractivity contribution is 0.624.